The van der Waals surface area contributed by atoms with Gasteiger partial charge in [-0.2, -0.15) is 5.10 Å². The number of halogens is 1. The Bertz CT molecular complexity index is 969. The van der Waals surface area contributed by atoms with E-state index in [9.17, 15) is 9.90 Å². The van der Waals surface area contributed by atoms with Crippen molar-refractivity contribution >= 4 is 40.4 Å². The maximum atomic E-state index is 12.3. The number of aryl methyl sites for hydroxylation is 1. The van der Waals surface area contributed by atoms with Crippen LogP contribution < -0.4 is 10.3 Å². The summed E-state index contributed by atoms with van der Waals surface area (Å²) < 4.78 is 0.700. The van der Waals surface area contributed by atoms with Crippen molar-refractivity contribution in [2.75, 3.05) is 11.4 Å². The minimum Gasteiger partial charge on any atom is -0.507 e. The molecule has 29 heavy (non-hydrogen) atoms. The van der Waals surface area contributed by atoms with Crippen LogP contribution in [0.15, 0.2) is 35.4 Å². The molecule has 2 aromatic carbocycles. The molecule has 154 valence electrons. The molecule has 0 aliphatic carbocycles. The SMILES string of the molecule is CCN1c2cc(C)c(/C=N\NC(=O)c3ccc(I)c(O)c3)cc2C(C)CC1(C)C. The van der Waals surface area contributed by atoms with Crippen LogP contribution in [-0.2, 0) is 0 Å². The number of amides is 1. The van der Waals surface area contributed by atoms with Gasteiger partial charge in [-0.25, -0.2) is 5.43 Å². The molecule has 0 saturated heterocycles. The number of carbonyl (C=O) groups is 1. The second-order valence-electron chi connectivity index (χ2n) is 8.29. The van der Waals surface area contributed by atoms with E-state index in [0.29, 0.717) is 15.1 Å². The minimum absolute atomic E-state index is 0.0881. The molecular formula is C23H28IN3O2. The largest absolute Gasteiger partial charge is 0.507 e. The average Bonchev–Trinajstić information content (AvgIpc) is 2.64. The summed E-state index contributed by atoms with van der Waals surface area (Å²) >= 11 is 2.01. The summed E-state index contributed by atoms with van der Waals surface area (Å²) in [5.74, 6) is 0.195. The molecule has 1 aliphatic heterocycles. The van der Waals surface area contributed by atoms with E-state index in [1.807, 2.05) is 22.6 Å². The number of fused-ring (bicyclic) bond motifs is 1. The smallest absolute Gasteiger partial charge is 0.271 e. The van der Waals surface area contributed by atoms with E-state index in [0.717, 1.165) is 24.1 Å². The standard InChI is InChI=1S/C23H28IN3O2/c1-6-27-20-9-14(2)17(10-18(20)15(3)12-23(27,4)5)13-25-26-22(29)16-7-8-19(24)21(28)11-16/h7-11,13,15,28H,6,12H2,1-5H3,(H,26,29)/b25-13-. The summed E-state index contributed by atoms with van der Waals surface area (Å²) in [6, 6.07) is 9.24. The van der Waals surface area contributed by atoms with E-state index in [1.165, 1.54) is 17.3 Å². The lowest BCUT2D eigenvalue weighted by Gasteiger charge is -2.47. The molecule has 0 aromatic heterocycles. The fourth-order valence-electron chi connectivity index (χ4n) is 4.27. The number of phenols is 1. The molecule has 3 rings (SSSR count). The van der Waals surface area contributed by atoms with Gasteiger partial charge in [0.25, 0.3) is 5.91 Å². The zero-order valence-electron chi connectivity index (χ0n) is 17.6. The molecule has 0 radical (unpaired) electrons. The lowest BCUT2D eigenvalue weighted by Crippen LogP contribution is -2.48. The van der Waals surface area contributed by atoms with Crippen molar-refractivity contribution in [1.29, 1.82) is 0 Å². The van der Waals surface area contributed by atoms with Gasteiger partial charge in [-0.05, 0) is 110 Å². The first-order chi connectivity index (χ1) is 13.6. The quantitative estimate of drug-likeness (QED) is 0.342. The van der Waals surface area contributed by atoms with E-state index < -0.39 is 0 Å². The van der Waals surface area contributed by atoms with Crippen molar-refractivity contribution < 1.29 is 9.90 Å². The summed E-state index contributed by atoms with van der Waals surface area (Å²) in [5.41, 5.74) is 7.80. The molecule has 2 N–H and O–H groups in total. The highest BCUT2D eigenvalue weighted by Gasteiger charge is 2.35. The Balaban J connectivity index is 1.82. The van der Waals surface area contributed by atoms with E-state index in [-0.39, 0.29) is 17.2 Å². The number of phenolic OH excluding ortho intramolecular Hbond substituents is 1. The van der Waals surface area contributed by atoms with Gasteiger partial charge in [-0.3, -0.25) is 4.79 Å². The molecule has 1 amide bonds. The number of aromatic hydroxyl groups is 1. The predicted octanol–water partition coefficient (Wildman–Crippen LogP) is 5.18. The van der Waals surface area contributed by atoms with Crippen LogP contribution in [0.5, 0.6) is 5.75 Å². The molecule has 1 aliphatic rings. The third-order valence-electron chi connectivity index (χ3n) is 5.67. The Labute approximate surface area is 186 Å². The topological polar surface area (TPSA) is 64.9 Å². The molecule has 6 heteroatoms. The predicted molar refractivity (Wildman–Crippen MR) is 127 cm³/mol. The molecule has 0 bridgehead atoms. The van der Waals surface area contributed by atoms with E-state index in [2.05, 4.69) is 62.2 Å². The number of rotatable bonds is 4. The first-order valence-electron chi connectivity index (χ1n) is 9.88. The monoisotopic (exact) mass is 505 g/mol. The second-order valence-corrected chi connectivity index (χ2v) is 9.46. The molecule has 5 nitrogen and oxygen atoms in total. The van der Waals surface area contributed by atoms with Gasteiger partial charge in [0.2, 0.25) is 0 Å². The fourth-order valence-corrected chi connectivity index (χ4v) is 4.60. The second kappa shape index (κ2) is 8.34. The highest BCUT2D eigenvalue weighted by molar-refractivity contribution is 14.1. The van der Waals surface area contributed by atoms with Crippen molar-refractivity contribution in [3.63, 3.8) is 0 Å². The number of nitrogens with zero attached hydrogens (tertiary/aromatic N) is 2. The highest BCUT2D eigenvalue weighted by atomic mass is 127. The fraction of sp³-hybridized carbons (Fsp3) is 0.391. The number of carbonyl (C=O) groups excluding carboxylic acids is 1. The van der Waals surface area contributed by atoms with Crippen molar-refractivity contribution in [3.8, 4) is 5.75 Å². The Morgan fingerprint density at radius 1 is 1.38 bits per heavy atom. The Morgan fingerprint density at radius 3 is 2.76 bits per heavy atom. The lowest BCUT2D eigenvalue weighted by molar-refractivity contribution is 0.0954. The maximum absolute atomic E-state index is 12.3. The Hall–Kier alpha value is -2.09. The van der Waals surface area contributed by atoms with Gasteiger partial charge in [0, 0.05) is 23.3 Å². The maximum Gasteiger partial charge on any atom is 0.271 e. The van der Waals surface area contributed by atoms with Gasteiger partial charge >= 0.3 is 0 Å². The molecular weight excluding hydrogens is 477 g/mol. The summed E-state index contributed by atoms with van der Waals surface area (Å²) in [6.45, 7) is 12.1. The van der Waals surface area contributed by atoms with Crippen LogP contribution in [0.3, 0.4) is 0 Å². The van der Waals surface area contributed by atoms with Crippen LogP contribution >= 0.6 is 22.6 Å². The van der Waals surface area contributed by atoms with Crippen LogP contribution in [0.4, 0.5) is 5.69 Å². The molecule has 1 unspecified atom stereocenters. The van der Waals surface area contributed by atoms with Gasteiger partial charge in [0.15, 0.2) is 0 Å². The average molecular weight is 505 g/mol. The van der Waals surface area contributed by atoms with E-state index in [1.54, 1.807) is 18.3 Å². The number of nitrogens with one attached hydrogen (secondary N) is 1. The number of hydrazone groups is 1. The van der Waals surface area contributed by atoms with Crippen LogP contribution in [0.1, 0.15) is 67.1 Å². The molecule has 0 spiro atoms. The van der Waals surface area contributed by atoms with Crippen LogP contribution in [-0.4, -0.2) is 29.3 Å². The molecule has 1 atom stereocenters. The number of hydrogen-bond donors (Lipinski definition) is 2. The molecule has 1 heterocycles. The van der Waals surface area contributed by atoms with Gasteiger partial charge < -0.3 is 10.0 Å². The zero-order valence-corrected chi connectivity index (χ0v) is 19.7. The minimum atomic E-state index is -0.351. The number of benzene rings is 2. The van der Waals surface area contributed by atoms with Crippen LogP contribution in [0, 0.1) is 10.5 Å². The number of hydrogen-bond acceptors (Lipinski definition) is 4. The molecule has 2 aromatic rings. The highest BCUT2D eigenvalue weighted by Crippen LogP contribution is 2.43. The summed E-state index contributed by atoms with van der Waals surface area (Å²) in [7, 11) is 0. The molecule has 0 saturated carbocycles. The summed E-state index contributed by atoms with van der Waals surface area (Å²) in [4.78, 5) is 14.7. The Morgan fingerprint density at radius 2 is 2.10 bits per heavy atom. The van der Waals surface area contributed by atoms with Crippen molar-refractivity contribution in [2.45, 2.75) is 52.5 Å². The number of anilines is 1. The summed E-state index contributed by atoms with van der Waals surface area (Å²) in [6.07, 6.45) is 2.79. The van der Waals surface area contributed by atoms with Gasteiger partial charge in [-0.1, -0.05) is 6.92 Å². The third kappa shape index (κ3) is 4.42. The summed E-state index contributed by atoms with van der Waals surface area (Å²) in [5, 5.41) is 13.9. The third-order valence-corrected chi connectivity index (χ3v) is 6.58. The first-order valence-corrected chi connectivity index (χ1v) is 11.0. The van der Waals surface area contributed by atoms with Gasteiger partial charge in [0.05, 0.1) is 9.78 Å². The Kier molecular flexibility index (Phi) is 6.22. The van der Waals surface area contributed by atoms with E-state index >= 15 is 0 Å². The first kappa shape index (κ1) is 21.6. The lowest BCUT2D eigenvalue weighted by atomic mass is 9.79. The van der Waals surface area contributed by atoms with Crippen molar-refractivity contribution in [2.24, 2.45) is 5.10 Å². The van der Waals surface area contributed by atoms with Crippen LogP contribution in [0.2, 0.25) is 0 Å². The van der Waals surface area contributed by atoms with Crippen molar-refractivity contribution in [1.82, 2.24) is 5.43 Å². The normalized spacial score (nSPS) is 18.0. The molecule has 0 fully saturated rings. The van der Waals surface area contributed by atoms with Gasteiger partial charge in [-0.15, -0.1) is 0 Å². The van der Waals surface area contributed by atoms with E-state index in [4.69, 9.17) is 0 Å². The van der Waals surface area contributed by atoms with Crippen molar-refractivity contribution in [3.05, 3.63) is 56.2 Å². The zero-order chi connectivity index (χ0) is 21.3. The van der Waals surface area contributed by atoms with Gasteiger partial charge in [0.1, 0.15) is 5.75 Å². The van der Waals surface area contributed by atoms with Crippen LogP contribution in [0.25, 0.3) is 0 Å².